The molecule has 0 spiro atoms. The van der Waals surface area contributed by atoms with E-state index in [1.54, 1.807) is 0 Å². The summed E-state index contributed by atoms with van der Waals surface area (Å²) in [5, 5.41) is 0. The van der Waals surface area contributed by atoms with Crippen molar-refractivity contribution in [3.8, 4) is 46.0 Å². The van der Waals surface area contributed by atoms with Crippen LogP contribution < -0.4 is 56.6 Å². The first-order valence-electron chi connectivity index (χ1n) is 16.6. The third-order valence-corrected chi connectivity index (χ3v) is 10.1. The lowest BCUT2D eigenvalue weighted by Gasteiger charge is -2.36. The molecule has 49 heavy (non-hydrogen) atoms. The van der Waals surface area contributed by atoms with Crippen molar-refractivity contribution >= 4 is 63.3 Å². The second-order valence-corrected chi connectivity index (χ2v) is 12.8. The maximum atomic E-state index is 6.68. The molecule has 4 heterocycles. The van der Waals surface area contributed by atoms with Gasteiger partial charge < -0.3 is 23.8 Å². The van der Waals surface area contributed by atoms with Crippen LogP contribution in [0.2, 0.25) is 0 Å². The van der Waals surface area contributed by atoms with Crippen LogP contribution in [-0.4, -0.2) is 13.4 Å². The molecule has 7 aromatic carbocycles. The molecule has 0 radical (unpaired) electrons. The second kappa shape index (κ2) is 10.1. The number of fused-ring (bicyclic) bond motifs is 8. The SMILES string of the molecule is c1ccc(N(c2cc3c4c(c2)Oc2ccccc2B4c2ccccc2O3)c2cc3c4c(c2)Oc2ccccc2B4c2ccccc2O3)cc1. The zero-order valence-corrected chi connectivity index (χ0v) is 26.2. The third kappa shape index (κ3) is 3.90. The Balaban J connectivity index is 1.13. The fraction of sp³-hybridized carbons (Fsp3) is 0. The molecule has 228 valence electrons. The normalized spacial score (nSPS) is 13.5. The van der Waals surface area contributed by atoms with E-state index in [2.05, 4.69) is 102 Å². The minimum Gasteiger partial charge on any atom is -0.458 e. The zero-order valence-electron chi connectivity index (χ0n) is 26.2. The Kier molecular flexibility index (Phi) is 5.50. The molecule has 4 aliphatic rings. The highest BCUT2D eigenvalue weighted by Crippen LogP contribution is 2.45. The average Bonchev–Trinajstić information content (AvgIpc) is 3.15. The van der Waals surface area contributed by atoms with Gasteiger partial charge in [-0.05, 0) is 58.2 Å². The molecule has 11 rings (SSSR count). The fourth-order valence-electron chi connectivity index (χ4n) is 8.04. The zero-order chi connectivity index (χ0) is 32.1. The Morgan fingerprint density at radius 1 is 0.306 bits per heavy atom. The van der Waals surface area contributed by atoms with Crippen LogP contribution in [0.1, 0.15) is 0 Å². The summed E-state index contributed by atoms with van der Waals surface area (Å²) in [6, 6.07) is 52.1. The molecule has 4 aliphatic heterocycles. The van der Waals surface area contributed by atoms with Gasteiger partial charge in [-0.1, -0.05) is 91.0 Å². The van der Waals surface area contributed by atoms with E-state index in [0.29, 0.717) is 0 Å². The number of anilines is 3. The van der Waals surface area contributed by atoms with Crippen LogP contribution in [0.4, 0.5) is 17.1 Å². The van der Waals surface area contributed by atoms with Crippen LogP contribution in [-0.2, 0) is 0 Å². The van der Waals surface area contributed by atoms with Crippen LogP contribution in [0.3, 0.4) is 0 Å². The van der Waals surface area contributed by atoms with Crippen molar-refractivity contribution in [2.45, 2.75) is 0 Å². The van der Waals surface area contributed by atoms with E-state index in [0.717, 1.165) is 95.8 Å². The topological polar surface area (TPSA) is 40.2 Å². The Labute approximate surface area is 284 Å². The summed E-state index contributed by atoms with van der Waals surface area (Å²) in [6.45, 7) is 0.0115. The van der Waals surface area contributed by atoms with Crippen molar-refractivity contribution in [3.05, 3.63) is 152 Å². The molecule has 0 saturated carbocycles. The summed E-state index contributed by atoms with van der Waals surface area (Å²) in [6.07, 6.45) is 0. The number of ether oxygens (including phenoxy) is 4. The van der Waals surface area contributed by atoms with Crippen LogP contribution in [0.5, 0.6) is 46.0 Å². The molecule has 7 heteroatoms. The van der Waals surface area contributed by atoms with Gasteiger partial charge in [0.05, 0.1) is 11.4 Å². The molecular formula is C42H25B2NO4. The quantitative estimate of drug-likeness (QED) is 0.206. The maximum Gasteiger partial charge on any atom is 0.260 e. The molecule has 7 aromatic rings. The summed E-state index contributed by atoms with van der Waals surface area (Å²) < 4.78 is 26.7. The number of hydrogen-bond donors (Lipinski definition) is 0. The van der Waals surface area contributed by atoms with Gasteiger partial charge in [0, 0.05) is 40.9 Å². The molecular weight excluding hydrogens is 604 g/mol. The van der Waals surface area contributed by atoms with Crippen molar-refractivity contribution < 1.29 is 18.9 Å². The predicted octanol–water partition coefficient (Wildman–Crippen LogP) is 6.61. The minimum atomic E-state index is 0.00574. The Morgan fingerprint density at radius 2 is 0.612 bits per heavy atom. The second-order valence-electron chi connectivity index (χ2n) is 12.8. The van der Waals surface area contributed by atoms with E-state index in [1.165, 1.54) is 0 Å². The number of hydrogen-bond acceptors (Lipinski definition) is 5. The third-order valence-electron chi connectivity index (χ3n) is 10.1. The molecule has 0 saturated heterocycles. The molecule has 0 atom stereocenters. The smallest absolute Gasteiger partial charge is 0.260 e. The first kappa shape index (κ1) is 26.7. The first-order chi connectivity index (χ1) is 24.3. The van der Waals surface area contributed by atoms with Crippen LogP contribution in [0.25, 0.3) is 0 Å². The highest BCUT2D eigenvalue weighted by atomic mass is 16.5. The lowest BCUT2D eigenvalue weighted by atomic mass is 9.35. The summed E-state index contributed by atoms with van der Waals surface area (Å²) in [4.78, 5) is 2.22. The molecule has 0 aliphatic carbocycles. The van der Waals surface area contributed by atoms with Crippen molar-refractivity contribution in [1.82, 2.24) is 0 Å². The average molecular weight is 629 g/mol. The van der Waals surface area contributed by atoms with Gasteiger partial charge in [-0.3, -0.25) is 0 Å². The van der Waals surface area contributed by atoms with Gasteiger partial charge in [0.1, 0.15) is 46.0 Å². The van der Waals surface area contributed by atoms with Gasteiger partial charge in [-0.2, -0.15) is 0 Å². The molecule has 0 amide bonds. The van der Waals surface area contributed by atoms with Crippen LogP contribution >= 0.6 is 0 Å². The van der Waals surface area contributed by atoms with E-state index >= 15 is 0 Å². The van der Waals surface area contributed by atoms with Gasteiger partial charge in [0.25, 0.3) is 13.4 Å². The highest BCUT2D eigenvalue weighted by Gasteiger charge is 2.42. The standard InChI is InChI=1S/C42H25B2NO4/c1-2-12-26(13-3-1)45(27-22-37-41-38(23-27)47-34-19-9-5-15-30(34)43(41)29-14-4-8-18-33(29)46-37)28-24-39-42-40(25-28)49-36-21-11-7-17-32(36)44(42)31-16-6-10-20-35(31)48-39/h1-25H. The minimum absolute atomic E-state index is 0.00574. The molecule has 5 nitrogen and oxygen atoms in total. The van der Waals surface area contributed by atoms with Gasteiger partial charge in [-0.25, -0.2) is 0 Å². The molecule has 0 bridgehead atoms. The number of rotatable bonds is 3. The molecule has 0 fully saturated rings. The predicted molar refractivity (Wildman–Crippen MR) is 197 cm³/mol. The van der Waals surface area contributed by atoms with Gasteiger partial charge in [-0.15, -0.1) is 0 Å². The highest BCUT2D eigenvalue weighted by molar-refractivity contribution is 6.99. The summed E-state index contributed by atoms with van der Waals surface area (Å²) in [5.74, 6) is 6.54. The Bertz CT molecular complexity index is 2200. The van der Waals surface area contributed by atoms with Gasteiger partial charge in [0.2, 0.25) is 0 Å². The van der Waals surface area contributed by atoms with E-state index in [9.17, 15) is 0 Å². The van der Waals surface area contributed by atoms with Crippen molar-refractivity contribution in [1.29, 1.82) is 0 Å². The molecule has 0 unspecified atom stereocenters. The monoisotopic (exact) mass is 629 g/mol. The van der Waals surface area contributed by atoms with Gasteiger partial charge in [0.15, 0.2) is 0 Å². The van der Waals surface area contributed by atoms with Crippen LogP contribution in [0, 0.1) is 0 Å². The number of nitrogens with zero attached hydrogens (tertiary/aromatic N) is 1. The number of para-hydroxylation sites is 5. The van der Waals surface area contributed by atoms with E-state index < -0.39 is 0 Å². The fourth-order valence-corrected chi connectivity index (χ4v) is 8.04. The first-order valence-corrected chi connectivity index (χ1v) is 16.6. The van der Waals surface area contributed by atoms with Crippen molar-refractivity contribution in [3.63, 3.8) is 0 Å². The lowest BCUT2D eigenvalue weighted by molar-refractivity contribution is 0.464. The maximum absolute atomic E-state index is 6.68. The van der Waals surface area contributed by atoms with Gasteiger partial charge >= 0.3 is 0 Å². The Hall–Kier alpha value is -6.33. The van der Waals surface area contributed by atoms with Crippen molar-refractivity contribution in [2.75, 3.05) is 4.90 Å². The summed E-state index contributed by atoms with van der Waals surface area (Å²) in [7, 11) is 0. The van der Waals surface area contributed by atoms with Crippen molar-refractivity contribution in [2.24, 2.45) is 0 Å². The van der Waals surface area contributed by atoms with E-state index in [4.69, 9.17) is 18.9 Å². The number of benzene rings is 7. The van der Waals surface area contributed by atoms with E-state index in [-0.39, 0.29) is 13.4 Å². The lowest BCUT2D eigenvalue weighted by Crippen LogP contribution is -2.57. The Morgan fingerprint density at radius 3 is 0.959 bits per heavy atom. The summed E-state index contributed by atoms with van der Waals surface area (Å²) >= 11 is 0. The summed E-state index contributed by atoms with van der Waals surface area (Å²) in [5.41, 5.74) is 9.40. The molecule has 0 N–H and O–H groups in total. The molecule has 0 aromatic heterocycles. The largest absolute Gasteiger partial charge is 0.458 e. The van der Waals surface area contributed by atoms with Crippen LogP contribution in [0.15, 0.2) is 152 Å². The van der Waals surface area contributed by atoms with E-state index in [1.807, 2.05) is 54.6 Å².